The van der Waals surface area contributed by atoms with Crippen LogP contribution in [0.25, 0.3) is 0 Å². The Kier molecular flexibility index (Phi) is 5.72. The predicted molar refractivity (Wildman–Crippen MR) is 84.5 cm³/mol. The number of benzene rings is 1. The molecule has 1 amide bonds. The largest absolute Gasteiger partial charge is 0.465 e. The van der Waals surface area contributed by atoms with Crippen LogP contribution < -0.4 is 10.6 Å². The summed E-state index contributed by atoms with van der Waals surface area (Å²) in [5.74, 6) is -0.702. The van der Waals surface area contributed by atoms with Crippen molar-refractivity contribution >= 4 is 17.6 Å². The van der Waals surface area contributed by atoms with Crippen LogP contribution in [0.4, 0.5) is 5.69 Å². The van der Waals surface area contributed by atoms with Crippen molar-refractivity contribution in [3.8, 4) is 6.07 Å². The molecule has 120 valence electrons. The van der Waals surface area contributed by atoms with Crippen LogP contribution in [0.15, 0.2) is 36.0 Å². The molecule has 1 saturated heterocycles. The molecule has 0 bridgehead atoms. The molecule has 23 heavy (non-hydrogen) atoms. The number of nitrogens with zero attached hydrogens (tertiary/aromatic N) is 2. The van der Waals surface area contributed by atoms with Gasteiger partial charge in [-0.3, -0.25) is 4.79 Å². The number of rotatable bonds is 4. The fourth-order valence-electron chi connectivity index (χ4n) is 2.16. The molecule has 7 heteroatoms. The first kappa shape index (κ1) is 16.5. The summed E-state index contributed by atoms with van der Waals surface area (Å²) < 4.78 is 4.62. The van der Waals surface area contributed by atoms with Crippen molar-refractivity contribution in [2.45, 2.75) is 0 Å². The zero-order valence-electron chi connectivity index (χ0n) is 12.8. The number of nitrogens with one attached hydrogen (secondary N) is 2. The number of anilines is 1. The lowest BCUT2D eigenvalue weighted by molar-refractivity contribution is -0.127. The van der Waals surface area contributed by atoms with Crippen LogP contribution in [0.3, 0.4) is 0 Å². The monoisotopic (exact) mass is 314 g/mol. The molecular weight excluding hydrogens is 296 g/mol. The van der Waals surface area contributed by atoms with Gasteiger partial charge in [0.25, 0.3) is 5.91 Å². The van der Waals surface area contributed by atoms with Crippen molar-refractivity contribution in [3.63, 3.8) is 0 Å². The van der Waals surface area contributed by atoms with Crippen LogP contribution in [0.2, 0.25) is 0 Å². The number of hydrogen-bond donors (Lipinski definition) is 2. The van der Waals surface area contributed by atoms with E-state index in [1.54, 1.807) is 29.2 Å². The zero-order chi connectivity index (χ0) is 16.7. The number of hydrogen-bond acceptors (Lipinski definition) is 6. The lowest BCUT2D eigenvalue weighted by atomic mass is 10.2. The van der Waals surface area contributed by atoms with Crippen molar-refractivity contribution in [3.05, 3.63) is 41.6 Å². The summed E-state index contributed by atoms with van der Waals surface area (Å²) in [5.41, 5.74) is 1.14. The van der Waals surface area contributed by atoms with Crippen molar-refractivity contribution in [1.29, 1.82) is 5.26 Å². The Hall–Kier alpha value is -2.85. The molecule has 1 aliphatic rings. The smallest absolute Gasteiger partial charge is 0.337 e. The van der Waals surface area contributed by atoms with Gasteiger partial charge in [-0.1, -0.05) is 0 Å². The van der Waals surface area contributed by atoms with Gasteiger partial charge in [0.1, 0.15) is 11.6 Å². The molecule has 1 aliphatic heterocycles. The maximum Gasteiger partial charge on any atom is 0.337 e. The predicted octanol–water partition coefficient (Wildman–Crippen LogP) is 0.724. The second-order valence-electron chi connectivity index (χ2n) is 4.93. The molecular formula is C16H18N4O3. The van der Waals surface area contributed by atoms with Crippen molar-refractivity contribution < 1.29 is 14.3 Å². The summed E-state index contributed by atoms with van der Waals surface area (Å²) >= 11 is 0. The van der Waals surface area contributed by atoms with Crippen LogP contribution >= 0.6 is 0 Å². The molecule has 0 unspecified atom stereocenters. The number of carbonyl (C=O) groups excluding carboxylic acids is 2. The number of piperazine rings is 1. The third-order valence-electron chi connectivity index (χ3n) is 3.44. The molecule has 1 fully saturated rings. The summed E-state index contributed by atoms with van der Waals surface area (Å²) in [4.78, 5) is 25.2. The Balaban J connectivity index is 2.03. The molecule has 2 rings (SSSR count). The van der Waals surface area contributed by atoms with E-state index in [4.69, 9.17) is 0 Å². The van der Waals surface area contributed by atoms with Gasteiger partial charge < -0.3 is 20.3 Å². The van der Waals surface area contributed by atoms with E-state index in [-0.39, 0.29) is 11.5 Å². The van der Waals surface area contributed by atoms with E-state index in [1.807, 2.05) is 6.07 Å². The number of nitriles is 1. The topological polar surface area (TPSA) is 94.5 Å². The van der Waals surface area contributed by atoms with Gasteiger partial charge in [-0.05, 0) is 24.3 Å². The van der Waals surface area contributed by atoms with Crippen LogP contribution in [0.5, 0.6) is 0 Å². The molecule has 1 heterocycles. The molecule has 7 nitrogen and oxygen atoms in total. The molecule has 0 atom stereocenters. The first-order chi connectivity index (χ1) is 11.2. The van der Waals surface area contributed by atoms with Crippen molar-refractivity contribution in [2.24, 2.45) is 0 Å². The fourth-order valence-corrected chi connectivity index (χ4v) is 2.16. The number of methoxy groups -OCH3 is 1. The molecule has 2 N–H and O–H groups in total. The normalized spacial score (nSPS) is 14.8. The molecule has 0 saturated carbocycles. The summed E-state index contributed by atoms with van der Waals surface area (Å²) in [6.45, 7) is 2.64. The van der Waals surface area contributed by atoms with Gasteiger partial charge in [0, 0.05) is 38.1 Å². The molecule has 0 aliphatic carbocycles. The lowest BCUT2D eigenvalue weighted by Gasteiger charge is -2.27. The van der Waals surface area contributed by atoms with Crippen molar-refractivity contribution in [2.75, 3.05) is 38.6 Å². The van der Waals surface area contributed by atoms with Crippen LogP contribution in [-0.2, 0) is 9.53 Å². The Morgan fingerprint density at radius 3 is 2.52 bits per heavy atom. The second kappa shape index (κ2) is 7.96. The van der Waals surface area contributed by atoms with Gasteiger partial charge in [-0.25, -0.2) is 4.79 Å². The van der Waals surface area contributed by atoms with E-state index < -0.39 is 5.97 Å². The van der Waals surface area contributed by atoms with Crippen molar-refractivity contribution in [1.82, 2.24) is 10.2 Å². The quantitative estimate of drug-likeness (QED) is 0.483. The van der Waals surface area contributed by atoms with Gasteiger partial charge in [0.05, 0.1) is 12.7 Å². The van der Waals surface area contributed by atoms with Gasteiger partial charge >= 0.3 is 5.97 Å². The molecule has 0 aromatic heterocycles. The average Bonchev–Trinajstić information content (AvgIpc) is 2.62. The Labute approximate surface area is 134 Å². The zero-order valence-corrected chi connectivity index (χ0v) is 12.8. The minimum atomic E-state index is -0.418. The second-order valence-corrected chi connectivity index (χ2v) is 4.93. The van der Waals surface area contributed by atoms with E-state index in [0.717, 1.165) is 13.1 Å². The Bertz CT molecular complexity index is 640. The highest BCUT2D eigenvalue weighted by molar-refractivity contribution is 5.97. The van der Waals surface area contributed by atoms with Crippen LogP contribution in [-0.4, -0.2) is 50.1 Å². The van der Waals surface area contributed by atoms with E-state index >= 15 is 0 Å². The van der Waals surface area contributed by atoms with Crippen LogP contribution in [0, 0.1) is 11.3 Å². The van der Waals surface area contributed by atoms with E-state index in [9.17, 15) is 14.9 Å². The summed E-state index contributed by atoms with van der Waals surface area (Å²) in [5, 5.41) is 15.2. The number of amides is 1. The highest BCUT2D eigenvalue weighted by Crippen LogP contribution is 2.11. The van der Waals surface area contributed by atoms with Gasteiger partial charge in [0.15, 0.2) is 0 Å². The Morgan fingerprint density at radius 1 is 1.30 bits per heavy atom. The molecule has 0 radical (unpaired) electrons. The minimum absolute atomic E-state index is 0.0453. The van der Waals surface area contributed by atoms with Gasteiger partial charge in [-0.2, -0.15) is 5.26 Å². The lowest BCUT2D eigenvalue weighted by Crippen LogP contribution is -2.46. The summed E-state index contributed by atoms with van der Waals surface area (Å²) in [6, 6.07) is 8.48. The number of ether oxygens (including phenoxy) is 1. The third kappa shape index (κ3) is 4.31. The molecule has 1 aromatic carbocycles. The maximum atomic E-state index is 12.2. The fraction of sp³-hybridized carbons (Fsp3) is 0.312. The third-order valence-corrected chi connectivity index (χ3v) is 3.44. The minimum Gasteiger partial charge on any atom is -0.465 e. The number of carbonyl (C=O) groups is 2. The van der Waals surface area contributed by atoms with Gasteiger partial charge in [0.2, 0.25) is 0 Å². The van der Waals surface area contributed by atoms with Gasteiger partial charge in [-0.15, -0.1) is 0 Å². The first-order valence-electron chi connectivity index (χ1n) is 7.21. The van der Waals surface area contributed by atoms with E-state index in [1.165, 1.54) is 13.3 Å². The first-order valence-corrected chi connectivity index (χ1v) is 7.21. The summed E-state index contributed by atoms with van der Waals surface area (Å²) in [6.07, 6.45) is 1.39. The van der Waals surface area contributed by atoms with E-state index in [2.05, 4.69) is 15.4 Å². The van der Waals surface area contributed by atoms with E-state index in [0.29, 0.717) is 24.3 Å². The maximum absolute atomic E-state index is 12.2. The number of esters is 1. The standard InChI is InChI=1S/C16H18N4O3/c1-23-16(22)12-2-4-14(5-3-12)19-11-13(10-17)15(21)20-8-6-18-7-9-20/h2-5,11,18-19H,6-9H2,1H3/b13-11-. The average molecular weight is 314 g/mol. The molecule has 1 aromatic rings. The van der Waals surface area contributed by atoms with Crippen LogP contribution in [0.1, 0.15) is 10.4 Å². The Morgan fingerprint density at radius 2 is 1.96 bits per heavy atom. The highest BCUT2D eigenvalue weighted by atomic mass is 16.5. The SMILES string of the molecule is COC(=O)c1ccc(N/C=C(/C#N)C(=O)N2CCNCC2)cc1. The summed E-state index contributed by atoms with van der Waals surface area (Å²) in [7, 11) is 1.32. The highest BCUT2D eigenvalue weighted by Gasteiger charge is 2.19. The molecule has 0 spiro atoms.